The first kappa shape index (κ1) is 17.6. The molecule has 2 N–H and O–H groups in total. The van der Waals surface area contributed by atoms with Gasteiger partial charge in [0, 0.05) is 29.2 Å². The molecule has 0 spiro atoms. The van der Waals surface area contributed by atoms with Crippen molar-refractivity contribution in [2.75, 3.05) is 6.61 Å². The molecule has 1 aromatic carbocycles. The number of aromatic nitrogens is 2. The van der Waals surface area contributed by atoms with Crippen molar-refractivity contribution >= 4 is 22.2 Å². The quantitative estimate of drug-likeness (QED) is 0.548. The summed E-state index contributed by atoms with van der Waals surface area (Å²) in [5.41, 5.74) is 1.75. The molecule has 8 heteroatoms. The Morgan fingerprint density at radius 1 is 1.17 bits per heavy atom. The van der Waals surface area contributed by atoms with E-state index in [0.29, 0.717) is 16.8 Å². The minimum absolute atomic E-state index is 0.0263. The van der Waals surface area contributed by atoms with Crippen LogP contribution in [0.25, 0.3) is 16.3 Å². The number of rotatable bonds is 2. The number of carbonyl (C=O) groups is 1. The molecular weight excluding hydrogens is 380 g/mol. The van der Waals surface area contributed by atoms with Gasteiger partial charge in [-0.3, -0.25) is 9.59 Å². The first-order chi connectivity index (χ1) is 14.0. The lowest BCUT2D eigenvalue weighted by Crippen LogP contribution is -2.35. The fraction of sp³-hybridized carbons (Fsp3) is 0.143. The molecule has 0 bridgehead atoms. The largest absolute Gasteiger partial charge is 0.373 e. The number of fused-ring (bicyclic) bond motifs is 4. The van der Waals surface area contributed by atoms with Gasteiger partial charge in [-0.1, -0.05) is 6.07 Å². The van der Waals surface area contributed by atoms with Gasteiger partial charge in [0.1, 0.15) is 0 Å². The van der Waals surface area contributed by atoms with E-state index in [0.717, 1.165) is 17.6 Å². The number of nitrogens with zero attached hydrogens (tertiary/aromatic N) is 1. The molecule has 146 valence electrons. The van der Waals surface area contributed by atoms with E-state index in [9.17, 15) is 18.4 Å². The van der Waals surface area contributed by atoms with Crippen LogP contribution in [-0.2, 0) is 11.3 Å². The normalized spacial score (nSPS) is 16.1. The third-order valence-corrected chi connectivity index (χ3v) is 5.14. The van der Waals surface area contributed by atoms with Gasteiger partial charge >= 0.3 is 0 Å². The van der Waals surface area contributed by atoms with Crippen LogP contribution in [-0.4, -0.2) is 21.9 Å². The zero-order valence-electron chi connectivity index (χ0n) is 15.0. The number of halogens is 2. The van der Waals surface area contributed by atoms with Gasteiger partial charge in [-0.2, -0.15) is 0 Å². The molecule has 0 fully saturated rings. The topological polar surface area (TPSA) is 75.6 Å². The Labute approximate surface area is 162 Å². The van der Waals surface area contributed by atoms with Crippen LogP contribution in [0.5, 0.6) is 0 Å². The molecule has 0 radical (unpaired) electrons. The van der Waals surface area contributed by atoms with E-state index in [1.165, 1.54) is 0 Å². The third kappa shape index (κ3) is 2.89. The summed E-state index contributed by atoms with van der Waals surface area (Å²) in [7, 11) is 0. The second-order valence-electron chi connectivity index (χ2n) is 6.96. The second kappa shape index (κ2) is 6.52. The highest BCUT2D eigenvalue weighted by atomic mass is 19.2. The maximum Gasteiger partial charge on any atom is 0.256 e. The number of amides is 1. The number of nitrogens with one attached hydrogen (secondary N) is 2. The number of ether oxygens (including phenoxy) is 1. The molecule has 5 rings (SSSR count). The molecule has 1 aliphatic rings. The Kier molecular flexibility index (Phi) is 3.95. The van der Waals surface area contributed by atoms with Gasteiger partial charge in [0.25, 0.3) is 11.5 Å². The van der Waals surface area contributed by atoms with Crippen molar-refractivity contribution in [1.29, 1.82) is 0 Å². The van der Waals surface area contributed by atoms with Crippen LogP contribution < -0.4 is 10.9 Å². The Balaban J connectivity index is 1.58. The maximum absolute atomic E-state index is 13.9. The van der Waals surface area contributed by atoms with Crippen LogP contribution in [0.3, 0.4) is 0 Å². The lowest BCUT2D eigenvalue weighted by Gasteiger charge is -2.27. The van der Waals surface area contributed by atoms with Crippen LogP contribution in [0.15, 0.2) is 53.6 Å². The third-order valence-electron chi connectivity index (χ3n) is 5.14. The molecule has 0 aliphatic carbocycles. The second-order valence-corrected chi connectivity index (χ2v) is 6.96. The van der Waals surface area contributed by atoms with Crippen molar-refractivity contribution in [2.45, 2.75) is 12.6 Å². The molecule has 1 atom stereocenters. The van der Waals surface area contributed by atoms with Crippen molar-refractivity contribution < 1.29 is 18.3 Å². The molecule has 1 amide bonds. The van der Waals surface area contributed by atoms with E-state index in [2.05, 4.69) is 10.3 Å². The average molecular weight is 395 g/mol. The fourth-order valence-corrected chi connectivity index (χ4v) is 3.80. The van der Waals surface area contributed by atoms with E-state index < -0.39 is 23.2 Å². The first-order valence-corrected chi connectivity index (χ1v) is 9.00. The SMILES string of the molecule is O=C(NC1COCc2[nH]c(=O)c3cc(F)c(F)cc3c21)c1cc2ccccn2c1. The molecule has 0 saturated heterocycles. The van der Waals surface area contributed by atoms with Gasteiger partial charge in [0.15, 0.2) is 11.6 Å². The number of hydrogen-bond donors (Lipinski definition) is 2. The summed E-state index contributed by atoms with van der Waals surface area (Å²) in [6, 6.07) is 8.60. The van der Waals surface area contributed by atoms with Crippen LogP contribution in [0.2, 0.25) is 0 Å². The monoisotopic (exact) mass is 395 g/mol. The standard InChI is InChI=1S/C21H15F2N3O3/c22-15-6-13-14(7-16(15)23)21(28)25-18-10-29-9-17(19(13)18)24-20(27)11-5-12-3-1-2-4-26(12)8-11/h1-8,17H,9-10H2,(H,24,27)(H,25,28). The van der Waals surface area contributed by atoms with E-state index in [1.54, 1.807) is 12.3 Å². The lowest BCUT2D eigenvalue weighted by atomic mass is 9.96. The van der Waals surface area contributed by atoms with E-state index in [1.807, 2.05) is 28.8 Å². The van der Waals surface area contributed by atoms with Crippen LogP contribution >= 0.6 is 0 Å². The number of hydrogen-bond acceptors (Lipinski definition) is 3. The fourth-order valence-electron chi connectivity index (χ4n) is 3.80. The van der Waals surface area contributed by atoms with Gasteiger partial charge in [-0.25, -0.2) is 8.78 Å². The molecule has 0 saturated carbocycles. The maximum atomic E-state index is 13.9. The summed E-state index contributed by atoms with van der Waals surface area (Å²) in [5, 5.41) is 3.17. The Morgan fingerprint density at radius 2 is 1.97 bits per heavy atom. The zero-order chi connectivity index (χ0) is 20.1. The average Bonchev–Trinajstić information content (AvgIpc) is 3.14. The summed E-state index contributed by atoms with van der Waals surface area (Å²) in [6.45, 7) is 0.258. The van der Waals surface area contributed by atoms with Crippen molar-refractivity contribution in [3.63, 3.8) is 0 Å². The Bertz CT molecular complexity index is 1310. The molecule has 6 nitrogen and oxygen atoms in total. The van der Waals surface area contributed by atoms with Crippen molar-refractivity contribution in [1.82, 2.24) is 14.7 Å². The summed E-state index contributed by atoms with van der Waals surface area (Å²) < 4.78 is 34.9. The molecule has 4 aromatic rings. The predicted molar refractivity (Wildman–Crippen MR) is 102 cm³/mol. The smallest absolute Gasteiger partial charge is 0.256 e. The van der Waals surface area contributed by atoms with Crippen molar-refractivity contribution in [3.05, 3.63) is 87.6 Å². The summed E-state index contributed by atoms with van der Waals surface area (Å²) in [6.07, 6.45) is 3.54. The van der Waals surface area contributed by atoms with Gasteiger partial charge in [0.05, 0.1) is 30.2 Å². The minimum atomic E-state index is -1.10. The molecule has 4 heterocycles. The summed E-state index contributed by atoms with van der Waals surface area (Å²) >= 11 is 0. The number of carbonyl (C=O) groups excluding carboxylic acids is 1. The molecule has 29 heavy (non-hydrogen) atoms. The zero-order valence-corrected chi connectivity index (χ0v) is 15.0. The Morgan fingerprint density at radius 3 is 2.76 bits per heavy atom. The van der Waals surface area contributed by atoms with Gasteiger partial charge in [0.2, 0.25) is 0 Å². The van der Waals surface area contributed by atoms with Gasteiger partial charge < -0.3 is 19.4 Å². The molecular formula is C21H15F2N3O3. The summed E-state index contributed by atoms with van der Waals surface area (Å²) in [4.78, 5) is 27.8. The number of benzene rings is 1. The molecule has 1 aliphatic heterocycles. The lowest BCUT2D eigenvalue weighted by molar-refractivity contribution is 0.0694. The molecule has 3 aromatic heterocycles. The van der Waals surface area contributed by atoms with E-state index in [4.69, 9.17) is 4.74 Å². The van der Waals surface area contributed by atoms with Crippen LogP contribution in [0.1, 0.15) is 27.7 Å². The molecule has 1 unspecified atom stereocenters. The van der Waals surface area contributed by atoms with Crippen molar-refractivity contribution in [2.24, 2.45) is 0 Å². The van der Waals surface area contributed by atoms with Crippen molar-refractivity contribution in [3.8, 4) is 0 Å². The van der Waals surface area contributed by atoms with Gasteiger partial charge in [-0.15, -0.1) is 0 Å². The number of aromatic amines is 1. The van der Waals surface area contributed by atoms with E-state index >= 15 is 0 Å². The predicted octanol–water partition coefficient (Wildman–Crippen LogP) is 3.06. The van der Waals surface area contributed by atoms with Gasteiger partial charge in [-0.05, 0) is 35.7 Å². The number of H-pyrrole nitrogens is 1. The van der Waals surface area contributed by atoms with Crippen LogP contribution in [0.4, 0.5) is 8.78 Å². The highest BCUT2D eigenvalue weighted by Gasteiger charge is 2.27. The Hall–Kier alpha value is -3.52. The van der Waals surface area contributed by atoms with Crippen LogP contribution in [0, 0.1) is 11.6 Å². The summed E-state index contributed by atoms with van der Waals surface area (Å²) in [5.74, 6) is -2.49. The van der Waals surface area contributed by atoms with E-state index in [-0.39, 0.29) is 29.9 Å². The minimum Gasteiger partial charge on any atom is -0.373 e. The highest BCUT2D eigenvalue weighted by molar-refractivity contribution is 5.96. The first-order valence-electron chi connectivity index (χ1n) is 9.00. The highest BCUT2D eigenvalue weighted by Crippen LogP contribution is 2.30. The number of pyridine rings is 2.